The summed E-state index contributed by atoms with van der Waals surface area (Å²) in [5, 5.41) is 0. The third-order valence-electron chi connectivity index (χ3n) is 7.12. The molecule has 5 nitrogen and oxygen atoms in total. The maximum absolute atomic E-state index is 13.7. The predicted molar refractivity (Wildman–Crippen MR) is 119 cm³/mol. The first kappa shape index (κ1) is 20.3. The van der Waals surface area contributed by atoms with Crippen molar-refractivity contribution in [3.05, 3.63) is 69.8 Å². The number of rotatable bonds is 4. The van der Waals surface area contributed by atoms with E-state index in [1.54, 1.807) is 0 Å². The molecule has 0 saturated carbocycles. The van der Waals surface area contributed by atoms with E-state index in [1.165, 1.54) is 16.7 Å². The van der Waals surface area contributed by atoms with E-state index < -0.39 is 0 Å². The molecule has 31 heavy (non-hydrogen) atoms. The number of amides is 2. The van der Waals surface area contributed by atoms with Gasteiger partial charge in [-0.2, -0.15) is 0 Å². The van der Waals surface area contributed by atoms with Crippen molar-refractivity contribution in [2.45, 2.75) is 58.2 Å². The molecule has 0 aromatic heterocycles. The molecule has 2 fully saturated rings. The number of ether oxygens (including phenoxy) is 1. The number of fused-ring (bicyclic) bond motifs is 1. The van der Waals surface area contributed by atoms with Crippen LogP contribution in [0.3, 0.4) is 0 Å². The zero-order chi connectivity index (χ0) is 21.5. The van der Waals surface area contributed by atoms with Gasteiger partial charge in [-0.3, -0.25) is 9.59 Å². The van der Waals surface area contributed by atoms with E-state index in [4.69, 9.17) is 4.74 Å². The largest absolute Gasteiger partial charge is 0.376 e. The smallest absolute Gasteiger partial charge is 0.255 e. The molecule has 2 amide bonds. The molecule has 5 heteroatoms. The first-order valence-corrected chi connectivity index (χ1v) is 11.4. The summed E-state index contributed by atoms with van der Waals surface area (Å²) >= 11 is 0. The number of hydrogen-bond acceptors (Lipinski definition) is 3. The van der Waals surface area contributed by atoms with Crippen LogP contribution in [0.1, 0.15) is 74.7 Å². The van der Waals surface area contributed by atoms with Crippen molar-refractivity contribution < 1.29 is 14.3 Å². The van der Waals surface area contributed by atoms with Crippen LogP contribution in [-0.2, 0) is 11.3 Å². The first-order valence-electron chi connectivity index (χ1n) is 11.4. The summed E-state index contributed by atoms with van der Waals surface area (Å²) in [6.45, 7) is 6.90. The molecule has 3 heterocycles. The third kappa shape index (κ3) is 3.65. The molecule has 3 aliphatic rings. The molecule has 0 radical (unpaired) electrons. The number of benzene rings is 2. The number of aryl methyl sites for hydroxylation is 2. The maximum Gasteiger partial charge on any atom is 0.255 e. The Kier molecular flexibility index (Phi) is 5.30. The van der Waals surface area contributed by atoms with Gasteiger partial charge in [-0.25, -0.2) is 0 Å². The summed E-state index contributed by atoms with van der Waals surface area (Å²) in [6, 6.07) is 12.3. The van der Waals surface area contributed by atoms with E-state index in [0.717, 1.165) is 44.4 Å². The normalized spacial score (nSPS) is 23.0. The van der Waals surface area contributed by atoms with Gasteiger partial charge in [0.05, 0.1) is 23.3 Å². The third-order valence-corrected chi connectivity index (χ3v) is 7.12. The lowest BCUT2D eigenvalue weighted by Crippen LogP contribution is -2.34. The van der Waals surface area contributed by atoms with Crippen molar-refractivity contribution in [1.82, 2.24) is 9.80 Å². The topological polar surface area (TPSA) is 49.9 Å². The van der Waals surface area contributed by atoms with Gasteiger partial charge in [-0.15, -0.1) is 0 Å². The highest BCUT2D eigenvalue weighted by atomic mass is 16.5. The predicted octanol–water partition coefficient (Wildman–Crippen LogP) is 4.42. The van der Waals surface area contributed by atoms with Crippen molar-refractivity contribution in [2.75, 3.05) is 19.7 Å². The Labute approximate surface area is 184 Å². The Morgan fingerprint density at radius 2 is 1.97 bits per heavy atom. The van der Waals surface area contributed by atoms with Crippen LogP contribution in [-0.4, -0.2) is 47.4 Å². The molecule has 2 aromatic carbocycles. The number of carbonyl (C=O) groups excluding carboxylic acids is 2. The second-order valence-corrected chi connectivity index (χ2v) is 9.16. The highest BCUT2D eigenvalue weighted by Crippen LogP contribution is 2.36. The van der Waals surface area contributed by atoms with E-state index in [2.05, 4.69) is 32.0 Å². The Morgan fingerprint density at radius 1 is 1.10 bits per heavy atom. The molecule has 0 aliphatic carbocycles. The molecule has 3 aliphatic heterocycles. The number of nitrogens with zero attached hydrogens (tertiary/aromatic N) is 2. The van der Waals surface area contributed by atoms with Crippen molar-refractivity contribution >= 4 is 11.8 Å². The summed E-state index contributed by atoms with van der Waals surface area (Å²) < 4.78 is 5.73. The highest BCUT2D eigenvalue weighted by Gasteiger charge is 2.37. The lowest BCUT2D eigenvalue weighted by molar-refractivity contribution is 0.0542. The van der Waals surface area contributed by atoms with Crippen LogP contribution < -0.4 is 0 Å². The zero-order valence-electron chi connectivity index (χ0n) is 18.4. The van der Waals surface area contributed by atoms with Gasteiger partial charge in [0.1, 0.15) is 0 Å². The minimum atomic E-state index is -0.0311. The van der Waals surface area contributed by atoms with Crippen molar-refractivity contribution in [2.24, 2.45) is 0 Å². The van der Waals surface area contributed by atoms with E-state index in [9.17, 15) is 9.59 Å². The van der Waals surface area contributed by atoms with Gasteiger partial charge in [-0.1, -0.05) is 30.3 Å². The Bertz CT molecular complexity index is 1030. The van der Waals surface area contributed by atoms with Crippen LogP contribution in [0.2, 0.25) is 0 Å². The molecule has 5 rings (SSSR count). The van der Waals surface area contributed by atoms with Crippen molar-refractivity contribution in [1.29, 1.82) is 0 Å². The van der Waals surface area contributed by atoms with Gasteiger partial charge in [0.2, 0.25) is 0 Å². The number of likely N-dealkylation sites (tertiary alicyclic amines) is 1. The van der Waals surface area contributed by atoms with Gasteiger partial charge < -0.3 is 14.5 Å². The van der Waals surface area contributed by atoms with Crippen LogP contribution in [0.5, 0.6) is 0 Å². The maximum atomic E-state index is 13.7. The molecule has 0 spiro atoms. The summed E-state index contributed by atoms with van der Waals surface area (Å²) in [7, 11) is 0. The van der Waals surface area contributed by atoms with Gasteiger partial charge in [0.15, 0.2) is 0 Å². The average molecular weight is 419 g/mol. The Balaban J connectivity index is 1.41. The van der Waals surface area contributed by atoms with Crippen LogP contribution in [0, 0.1) is 13.8 Å². The van der Waals surface area contributed by atoms with E-state index in [0.29, 0.717) is 24.2 Å². The molecular formula is C26H30N2O3. The van der Waals surface area contributed by atoms with Crippen LogP contribution in [0.25, 0.3) is 0 Å². The molecule has 0 unspecified atom stereocenters. The Morgan fingerprint density at radius 3 is 2.74 bits per heavy atom. The summed E-state index contributed by atoms with van der Waals surface area (Å²) in [5.74, 6) is -0.0544. The molecule has 0 bridgehead atoms. The second-order valence-electron chi connectivity index (χ2n) is 9.16. The van der Waals surface area contributed by atoms with Crippen LogP contribution in [0.4, 0.5) is 0 Å². The van der Waals surface area contributed by atoms with Crippen molar-refractivity contribution in [3.8, 4) is 0 Å². The van der Waals surface area contributed by atoms with Gasteiger partial charge in [-0.05, 0) is 67.9 Å². The molecule has 2 atom stereocenters. The van der Waals surface area contributed by atoms with Gasteiger partial charge in [0.25, 0.3) is 11.8 Å². The fourth-order valence-corrected chi connectivity index (χ4v) is 5.26. The standard InChI is InChI=1S/C26H30N2O3/c1-17-10-11-19(14-18(17)2)23-9-4-12-28(23)25(29)22-8-3-6-20-15-27(26(30)24(20)22)16-21-7-5-13-31-21/h3,6,8,10-11,14,21,23H,4-5,7,9,12-13,15-16H2,1-2H3/t21-,23+/m0/s1. The summed E-state index contributed by atoms with van der Waals surface area (Å²) in [5.41, 5.74) is 5.79. The highest BCUT2D eigenvalue weighted by molar-refractivity contribution is 6.09. The van der Waals surface area contributed by atoms with Crippen molar-refractivity contribution in [3.63, 3.8) is 0 Å². The molecule has 0 N–H and O–H groups in total. The first-order chi connectivity index (χ1) is 15.0. The SMILES string of the molecule is Cc1ccc([C@H]2CCCN2C(=O)c2cccc3c2C(=O)N(C[C@@H]2CCCO2)C3)cc1C. The Hall–Kier alpha value is -2.66. The van der Waals surface area contributed by atoms with Crippen LogP contribution >= 0.6 is 0 Å². The minimum absolute atomic E-state index is 0.0232. The second kappa shape index (κ2) is 8.12. The number of hydrogen-bond donors (Lipinski definition) is 0. The number of carbonyl (C=O) groups is 2. The fourth-order valence-electron chi connectivity index (χ4n) is 5.26. The van der Waals surface area contributed by atoms with Crippen LogP contribution in [0.15, 0.2) is 36.4 Å². The van der Waals surface area contributed by atoms with E-state index in [-0.39, 0.29) is 24.0 Å². The summed E-state index contributed by atoms with van der Waals surface area (Å²) in [4.78, 5) is 30.7. The zero-order valence-corrected chi connectivity index (χ0v) is 18.4. The quantitative estimate of drug-likeness (QED) is 0.739. The minimum Gasteiger partial charge on any atom is -0.376 e. The lowest BCUT2D eigenvalue weighted by Gasteiger charge is -2.26. The molecular weight excluding hydrogens is 388 g/mol. The van der Waals surface area contributed by atoms with E-state index in [1.807, 2.05) is 28.0 Å². The molecule has 162 valence electrons. The average Bonchev–Trinajstić information content (AvgIpc) is 3.51. The van der Waals surface area contributed by atoms with Gasteiger partial charge in [0, 0.05) is 26.2 Å². The fraction of sp³-hybridized carbons (Fsp3) is 0.462. The van der Waals surface area contributed by atoms with E-state index >= 15 is 0 Å². The molecule has 2 saturated heterocycles. The molecule has 2 aromatic rings. The van der Waals surface area contributed by atoms with Gasteiger partial charge >= 0.3 is 0 Å². The summed E-state index contributed by atoms with van der Waals surface area (Å²) in [6.07, 6.45) is 4.11. The lowest BCUT2D eigenvalue weighted by atomic mass is 9.98. The monoisotopic (exact) mass is 418 g/mol.